The van der Waals surface area contributed by atoms with E-state index in [4.69, 9.17) is 4.74 Å². The molecule has 0 spiro atoms. The Hall–Kier alpha value is -1.98. The van der Waals surface area contributed by atoms with Crippen LogP contribution in [0.25, 0.3) is 0 Å². The highest BCUT2D eigenvalue weighted by Gasteiger charge is 2.37. The molecule has 1 atom stereocenters. The zero-order valence-electron chi connectivity index (χ0n) is 12.8. The Morgan fingerprint density at radius 3 is 2.82 bits per heavy atom. The minimum Gasteiger partial charge on any atom is -0.393 e. The lowest BCUT2D eigenvalue weighted by molar-refractivity contribution is -0.0871. The van der Waals surface area contributed by atoms with Crippen LogP contribution in [0.15, 0.2) is 42.7 Å². The van der Waals surface area contributed by atoms with Crippen molar-refractivity contribution >= 4 is 5.95 Å². The molecular weight excluding hydrogens is 278 g/mol. The number of rotatable bonds is 4. The Balaban J connectivity index is 1.80. The molecule has 0 radical (unpaired) electrons. The molecule has 22 heavy (non-hydrogen) atoms. The third kappa shape index (κ3) is 3.26. The Morgan fingerprint density at radius 1 is 1.27 bits per heavy atom. The van der Waals surface area contributed by atoms with Crippen molar-refractivity contribution in [1.82, 2.24) is 9.97 Å². The number of nitrogens with zero attached hydrogens (tertiary/aromatic N) is 3. The topological polar surface area (TPSA) is 58.5 Å². The molecule has 2 aromatic rings. The number of benzene rings is 1. The van der Waals surface area contributed by atoms with Crippen molar-refractivity contribution in [2.45, 2.75) is 18.9 Å². The van der Waals surface area contributed by atoms with Gasteiger partial charge in [-0.1, -0.05) is 29.8 Å². The van der Waals surface area contributed by atoms with Gasteiger partial charge < -0.3 is 14.7 Å². The molecule has 1 aromatic carbocycles. The van der Waals surface area contributed by atoms with E-state index in [0.717, 1.165) is 6.54 Å². The first kappa shape index (κ1) is 14.9. The van der Waals surface area contributed by atoms with Gasteiger partial charge in [-0.25, -0.2) is 9.97 Å². The summed E-state index contributed by atoms with van der Waals surface area (Å²) in [6, 6.07) is 10.1. The zero-order chi connectivity index (χ0) is 15.4. The third-order valence-corrected chi connectivity index (χ3v) is 3.98. The smallest absolute Gasteiger partial charge is 0.225 e. The monoisotopic (exact) mass is 299 g/mol. The number of hydrogen-bond acceptors (Lipinski definition) is 5. The summed E-state index contributed by atoms with van der Waals surface area (Å²) in [5.74, 6) is 0.688. The van der Waals surface area contributed by atoms with Crippen LogP contribution in [0.1, 0.15) is 11.1 Å². The quantitative estimate of drug-likeness (QED) is 0.929. The second-order valence-corrected chi connectivity index (χ2v) is 5.83. The van der Waals surface area contributed by atoms with Gasteiger partial charge in [0.15, 0.2) is 0 Å². The van der Waals surface area contributed by atoms with Crippen molar-refractivity contribution in [2.75, 3.05) is 31.2 Å². The summed E-state index contributed by atoms with van der Waals surface area (Å²) in [5, 5.41) is 9.94. The maximum absolute atomic E-state index is 9.94. The van der Waals surface area contributed by atoms with Crippen LogP contribution in [-0.4, -0.2) is 47.0 Å². The number of hydrogen-bond donors (Lipinski definition) is 1. The average molecular weight is 299 g/mol. The van der Waals surface area contributed by atoms with Crippen LogP contribution in [0.5, 0.6) is 0 Å². The van der Waals surface area contributed by atoms with E-state index in [9.17, 15) is 5.11 Å². The van der Waals surface area contributed by atoms with Crippen LogP contribution in [-0.2, 0) is 11.2 Å². The molecule has 0 unspecified atom stereocenters. The van der Waals surface area contributed by atoms with Crippen LogP contribution in [0.3, 0.4) is 0 Å². The largest absolute Gasteiger partial charge is 0.393 e. The fraction of sp³-hybridized carbons (Fsp3) is 0.412. The minimum atomic E-state index is -0.606. The first-order valence-electron chi connectivity index (χ1n) is 7.53. The van der Waals surface area contributed by atoms with E-state index in [2.05, 4.69) is 40.0 Å². The molecule has 5 nitrogen and oxygen atoms in total. The first-order chi connectivity index (χ1) is 10.7. The van der Waals surface area contributed by atoms with Gasteiger partial charge in [0.1, 0.15) is 5.60 Å². The summed E-state index contributed by atoms with van der Waals surface area (Å²) in [6.45, 7) is 3.93. The van der Waals surface area contributed by atoms with Gasteiger partial charge in [0, 0.05) is 25.4 Å². The number of aromatic nitrogens is 2. The first-order valence-corrected chi connectivity index (χ1v) is 7.53. The van der Waals surface area contributed by atoms with E-state index in [-0.39, 0.29) is 6.61 Å². The van der Waals surface area contributed by atoms with Gasteiger partial charge in [-0.3, -0.25) is 0 Å². The van der Waals surface area contributed by atoms with Gasteiger partial charge in [-0.2, -0.15) is 0 Å². The third-order valence-electron chi connectivity index (χ3n) is 3.98. The molecule has 0 aliphatic carbocycles. The van der Waals surface area contributed by atoms with E-state index in [1.165, 1.54) is 11.1 Å². The SMILES string of the molecule is Cc1cccc(C[C@@]2(CO)CN(c3ncccn3)CCO2)c1. The highest BCUT2D eigenvalue weighted by molar-refractivity contribution is 5.32. The Labute approximate surface area is 130 Å². The molecule has 3 rings (SSSR count). The molecule has 1 N–H and O–H groups in total. The fourth-order valence-electron chi connectivity index (χ4n) is 2.92. The fourth-order valence-corrected chi connectivity index (χ4v) is 2.92. The predicted molar refractivity (Wildman–Crippen MR) is 84.9 cm³/mol. The van der Waals surface area contributed by atoms with E-state index >= 15 is 0 Å². The predicted octanol–water partition coefficient (Wildman–Crippen LogP) is 1.60. The van der Waals surface area contributed by atoms with Gasteiger partial charge in [-0.15, -0.1) is 0 Å². The number of morpholine rings is 1. The molecule has 0 bridgehead atoms. The molecule has 0 amide bonds. The highest BCUT2D eigenvalue weighted by Crippen LogP contribution is 2.25. The molecule has 1 saturated heterocycles. The van der Waals surface area contributed by atoms with Crippen molar-refractivity contribution in [3.05, 3.63) is 53.9 Å². The molecule has 1 aliphatic rings. The van der Waals surface area contributed by atoms with Crippen LogP contribution in [0, 0.1) is 6.92 Å². The lowest BCUT2D eigenvalue weighted by Gasteiger charge is -2.41. The molecule has 5 heteroatoms. The van der Waals surface area contributed by atoms with Crippen molar-refractivity contribution in [3.63, 3.8) is 0 Å². The number of ether oxygens (including phenoxy) is 1. The summed E-state index contributed by atoms with van der Waals surface area (Å²) in [4.78, 5) is 10.7. The summed E-state index contributed by atoms with van der Waals surface area (Å²) in [5.41, 5.74) is 1.78. The van der Waals surface area contributed by atoms with Crippen molar-refractivity contribution in [3.8, 4) is 0 Å². The van der Waals surface area contributed by atoms with Gasteiger partial charge in [-0.05, 0) is 18.6 Å². The Bertz CT molecular complexity index is 620. The summed E-state index contributed by atoms with van der Waals surface area (Å²) in [7, 11) is 0. The van der Waals surface area contributed by atoms with Crippen LogP contribution in [0.2, 0.25) is 0 Å². The maximum Gasteiger partial charge on any atom is 0.225 e. The second-order valence-electron chi connectivity index (χ2n) is 5.83. The molecule has 116 valence electrons. The summed E-state index contributed by atoms with van der Waals surface area (Å²) >= 11 is 0. The molecule has 0 saturated carbocycles. The van der Waals surface area contributed by atoms with Gasteiger partial charge in [0.05, 0.1) is 19.8 Å². The average Bonchev–Trinajstić information content (AvgIpc) is 2.56. The van der Waals surface area contributed by atoms with Gasteiger partial charge in [0.2, 0.25) is 5.95 Å². The number of aliphatic hydroxyl groups is 1. The number of aliphatic hydroxyl groups excluding tert-OH is 1. The van der Waals surface area contributed by atoms with Crippen molar-refractivity contribution in [2.24, 2.45) is 0 Å². The lowest BCUT2D eigenvalue weighted by Crippen LogP contribution is -2.56. The van der Waals surface area contributed by atoms with Gasteiger partial charge >= 0.3 is 0 Å². The maximum atomic E-state index is 9.94. The Kier molecular flexibility index (Phi) is 4.36. The molecule has 1 aliphatic heterocycles. The van der Waals surface area contributed by atoms with Gasteiger partial charge in [0.25, 0.3) is 0 Å². The minimum absolute atomic E-state index is 0.0235. The lowest BCUT2D eigenvalue weighted by atomic mass is 9.92. The van der Waals surface area contributed by atoms with E-state index < -0.39 is 5.60 Å². The Morgan fingerprint density at radius 2 is 2.09 bits per heavy atom. The summed E-state index contributed by atoms with van der Waals surface area (Å²) in [6.07, 6.45) is 4.15. The molecule has 1 fully saturated rings. The van der Waals surface area contributed by atoms with Crippen LogP contribution >= 0.6 is 0 Å². The molecular formula is C17H21N3O2. The normalized spacial score (nSPS) is 21.8. The highest BCUT2D eigenvalue weighted by atomic mass is 16.5. The van der Waals surface area contributed by atoms with Crippen molar-refractivity contribution in [1.29, 1.82) is 0 Å². The zero-order valence-corrected chi connectivity index (χ0v) is 12.8. The van der Waals surface area contributed by atoms with E-state index in [0.29, 0.717) is 25.5 Å². The summed E-state index contributed by atoms with van der Waals surface area (Å²) < 4.78 is 5.96. The van der Waals surface area contributed by atoms with Crippen molar-refractivity contribution < 1.29 is 9.84 Å². The van der Waals surface area contributed by atoms with E-state index in [1.54, 1.807) is 18.5 Å². The molecule has 1 aromatic heterocycles. The standard InChI is InChI=1S/C17H21N3O2/c1-14-4-2-5-15(10-14)11-17(13-21)12-20(8-9-22-17)16-18-6-3-7-19-16/h2-7,10,21H,8-9,11-13H2,1H3/t17-/m0/s1. The number of anilines is 1. The van der Waals surface area contributed by atoms with Crippen LogP contribution < -0.4 is 4.90 Å². The van der Waals surface area contributed by atoms with E-state index in [1.807, 2.05) is 6.07 Å². The van der Waals surface area contributed by atoms with Crippen LogP contribution in [0.4, 0.5) is 5.95 Å². The number of aryl methyl sites for hydroxylation is 1. The molecule has 2 heterocycles. The second kappa shape index (κ2) is 6.42.